The van der Waals surface area contributed by atoms with E-state index in [9.17, 15) is 4.79 Å². The second kappa shape index (κ2) is 7.01. The van der Waals surface area contributed by atoms with Gasteiger partial charge in [0.15, 0.2) is 0 Å². The number of hydrogen-bond donors (Lipinski definition) is 1. The number of methoxy groups -OCH3 is 1. The van der Waals surface area contributed by atoms with Gasteiger partial charge in [-0.1, -0.05) is 31.5 Å². The Kier molecular flexibility index (Phi) is 5.57. The molecule has 1 aromatic rings. The number of carbonyl (C=O) groups excluding carboxylic acids is 1. The molecule has 0 unspecified atom stereocenters. The average Bonchev–Trinajstić information content (AvgIpc) is 2.28. The van der Waals surface area contributed by atoms with E-state index in [0.717, 1.165) is 24.9 Å². The first kappa shape index (κ1) is 12.7. The van der Waals surface area contributed by atoms with Crippen LogP contribution in [0.1, 0.15) is 25.3 Å². The molecule has 1 aromatic carbocycles. The molecule has 0 atom stereocenters. The molecule has 1 N–H and O–H groups in total. The number of hydrogen-bond acceptors (Lipinski definition) is 2. The highest BCUT2D eigenvalue weighted by Gasteiger charge is 2.05. The predicted molar refractivity (Wildman–Crippen MR) is 65.6 cm³/mol. The Hall–Kier alpha value is -1.35. The number of nitrogens with one attached hydrogen (secondary N) is 1. The molecule has 3 nitrogen and oxygen atoms in total. The number of aryl methyl sites for hydroxylation is 1. The molecule has 0 aliphatic carbocycles. The number of rotatable bonds is 6. The van der Waals surface area contributed by atoms with Gasteiger partial charge in [0.25, 0.3) is 0 Å². The molecule has 0 fully saturated rings. The van der Waals surface area contributed by atoms with Crippen LogP contribution in [-0.4, -0.2) is 19.6 Å². The predicted octanol–water partition coefficient (Wildman–Crippen LogP) is 2.61. The highest BCUT2D eigenvalue weighted by Crippen LogP contribution is 2.17. The normalized spacial score (nSPS) is 10.1. The van der Waals surface area contributed by atoms with Gasteiger partial charge < -0.3 is 10.1 Å². The molecular weight excluding hydrogens is 202 g/mol. The molecule has 0 spiro atoms. The Morgan fingerprint density at radius 2 is 2.12 bits per heavy atom. The maximum atomic E-state index is 11.4. The minimum absolute atomic E-state index is 0.0993. The monoisotopic (exact) mass is 221 g/mol. The summed E-state index contributed by atoms with van der Waals surface area (Å²) < 4.78 is 4.78. The molecule has 0 heterocycles. The van der Waals surface area contributed by atoms with Gasteiger partial charge in [0.05, 0.1) is 0 Å². The fraction of sp³-hybridized carbons (Fsp3) is 0.462. The Morgan fingerprint density at radius 3 is 2.81 bits per heavy atom. The number of benzene rings is 1. The van der Waals surface area contributed by atoms with Gasteiger partial charge in [0.2, 0.25) is 5.91 Å². The topological polar surface area (TPSA) is 38.3 Å². The first-order valence-corrected chi connectivity index (χ1v) is 5.64. The van der Waals surface area contributed by atoms with Crippen LogP contribution in [0.15, 0.2) is 24.3 Å². The van der Waals surface area contributed by atoms with E-state index >= 15 is 0 Å². The Labute approximate surface area is 96.8 Å². The van der Waals surface area contributed by atoms with Gasteiger partial charge in [-0.3, -0.25) is 4.79 Å². The van der Waals surface area contributed by atoms with Gasteiger partial charge >= 0.3 is 0 Å². The van der Waals surface area contributed by atoms with Crippen molar-refractivity contribution < 1.29 is 9.53 Å². The molecule has 0 aliphatic rings. The first-order chi connectivity index (χ1) is 7.77. The van der Waals surface area contributed by atoms with Gasteiger partial charge in [-0.15, -0.1) is 0 Å². The van der Waals surface area contributed by atoms with Crippen molar-refractivity contribution in [1.29, 1.82) is 0 Å². The molecule has 0 aliphatic heterocycles. The molecular formula is C13H19NO2. The highest BCUT2D eigenvalue weighted by atomic mass is 16.5. The van der Waals surface area contributed by atoms with Crippen LogP contribution in [0.3, 0.4) is 0 Å². The number of anilines is 1. The summed E-state index contributed by atoms with van der Waals surface area (Å²) >= 11 is 0. The smallest absolute Gasteiger partial charge is 0.250 e. The molecule has 0 bridgehead atoms. The largest absolute Gasteiger partial charge is 0.375 e. The van der Waals surface area contributed by atoms with E-state index in [0.29, 0.717) is 0 Å². The minimum Gasteiger partial charge on any atom is -0.375 e. The molecule has 1 amide bonds. The van der Waals surface area contributed by atoms with E-state index in [4.69, 9.17) is 4.74 Å². The Morgan fingerprint density at radius 1 is 1.38 bits per heavy atom. The number of ether oxygens (including phenoxy) is 1. The molecule has 16 heavy (non-hydrogen) atoms. The molecule has 0 radical (unpaired) electrons. The van der Waals surface area contributed by atoms with E-state index in [1.807, 2.05) is 18.2 Å². The average molecular weight is 221 g/mol. The van der Waals surface area contributed by atoms with Crippen molar-refractivity contribution in [1.82, 2.24) is 0 Å². The number of para-hydroxylation sites is 1. The molecule has 0 saturated heterocycles. The summed E-state index contributed by atoms with van der Waals surface area (Å²) in [6.07, 6.45) is 3.29. The van der Waals surface area contributed by atoms with Crippen LogP contribution < -0.4 is 5.32 Å². The van der Waals surface area contributed by atoms with E-state index in [1.54, 1.807) is 0 Å². The van der Waals surface area contributed by atoms with E-state index in [-0.39, 0.29) is 12.5 Å². The maximum absolute atomic E-state index is 11.4. The maximum Gasteiger partial charge on any atom is 0.250 e. The lowest BCUT2D eigenvalue weighted by Gasteiger charge is -2.10. The zero-order valence-electron chi connectivity index (χ0n) is 9.95. The molecule has 88 valence electrons. The van der Waals surface area contributed by atoms with Crippen LogP contribution in [0.4, 0.5) is 5.69 Å². The van der Waals surface area contributed by atoms with Gasteiger partial charge in [0, 0.05) is 12.8 Å². The number of carbonyl (C=O) groups is 1. The Balaban J connectivity index is 2.66. The first-order valence-electron chi connectivity index (χ1n) is 5.64. The van der Waals surface area contributed by atoms with E-state index < -0.39 is 0 Å². The summed E-state index contributed by atoms with van der Waals surface area (Å²) in [6, 6.07) is 7.91. The summed E-state index contributed by atoms with van der Waals surface area (Å²) in [5, 5.41) is 2.86. The van der Waals surface area contributed by atoms with Crippen molar-refractivity contribution in [3.63, 3.8) is 0 Å². The van der Waals surface area contributed by atoms with Crippen LogP contribution in [-0.2, 0) is 16.0 Å². The lowest BCUT2D eigenvalue weighted by atomic mass is 10.1. The van der Waals surface area contributed by atoms with Crippen LogP contribution in [0, 0.1) is 0 Å². The molecule has 1 rings (SSSR count). The molecule has 0 saturated carbocycles. The van der Waals surface area contributed by atoms with E-state index in [1.165, 1.54) is 12.7 Å². The van der Waals surface area contributed by atoms with Gasteiger partial charge in [-0.05, 0) is 24.5 Å². The fourth-order valence-electron chi connectivity index (χ4n) is 1.54. The van der Waals surface area contributed by atoms with Gasteiger partial charge in [-0.25, -0.2) is 0 Å². The van der Waals surface area contributed by atoms with Crippen molar-refractivity contribution in [2.75, 3.05) is 19.0 Å². The third-order valence-electron chi connectivity index (χ3n) is 2.37. The summed E-state index contributed by atoms with van der Waals surface area (Å²) in [7, 11) is 1.52. The Bertz CT molecular complexity index is 336. The second-order valence-corrected chi connectivity index (χ2v) is 3.74. The summed E-state index contributed by atoms with van der Waals surface area (Å²) in [5.74, 6) is -0.105. The quantitative estimate of drug-likeness (QED) is 0.802. The third-order valence-corrected chi connectivity index (χ3v) is 2.37. The summed E-state index contributed by atoms with van der Waals surface area (Å²) in [6.45, 7) is 2.26. The summed E-state index contributed by atoms with van der Waals surface area (Å²) in [5.41, 5.74) is 2.09. The molecule has 3 heteroatoms. The van der Waals surface area contributed by atoms with Crippen LogP contribution in [0.25, 0.3) is 0 Å². The molecule has 0 aromatic heterocycles. The van der Waals surface area contributed by atoms with Crippen molar-refractivity contribution in [2.24, 2.45) is 0 Å². The highest BCUT2D eigenvalue weighted by molar-refractivity contribution is 5.92. The van der Waals surface area contributed by atoms with Crippen molar-refractivity contribution in [2.45, 2.75) is 26.2 Å². The van der Waals surface area contributed by atoms with Gasteiger partial charge in [-0.2, -0.15) is 0 Å². The lowest BCUT2D eigenvalue weighted by molar-refractivity contribution is -0.119. The zero-order chi connectivity index (χ0) is 11.8. The summed E-state index contributed by atoms with van der Waals surface area (Å²) in [4.78, 5) is 11.4. The van der Waals surface area contributed by atoms with Crippen LogP contribution in [0.2, 0.25) is 0 Å². The lowest BCUT2D eigenvalue weighted by Crippen LogP contribution is -2.18. The van der Waals surface area contributed by atoms with Crippen molar-refractivity contribution in [3.8, 4) is 0 Å². The number of amides is 1. The fourth-order valence-corrected chi connectivity index (χ4v) is 1.54. The van der Waals surface area contributed by atoms with Crippen LogP contribution >= 0.6 is 0 Å². The number of unbranched alkanes of at least 4 members (excludes halogenated alkanes) is 1. The standard InChI is InChI=1S/C13H19NO2/c1-3-4-7-11-8-5-6-9-12(11)14-13(15)10-16-2/h5-6,8-9H,3-4,7,10H2,1-2H3,(H,14,15). The third kappa shape index (κ3) is 4.03. The zero-order valence-corrected chi connectivity index (χ0v) is 9.95. The van der Waals surface area contributed by atoms with Gasteiger partial charge in [0.1, 0.15) is 6.61 Å². The van der Waals surface area contributed by atoms with Crippen molar-refractivity contribution in [3.05, 3.63) is 29.8 Å². The second-order valence-electron chi connectivity index (χ2n) is 3.74. The SMILES string of the molecule is CCCCc1ccccc1NC(=O)COC. The minimum atomic E-state index is -0.105. The van der Waals surface area contributed by atoms with Crippen LogP contribution in [0.5, 0.6) is 0 Å². The van der Waals surface area contributed by atoms with Crippen molar-refractivity contribution >= 4 is 11.6 Å². The van der Waals surface area contributed by atoms with E-state index in [2.05, 4.69) is 18.3 Å².